The lowest BCUT2D eigenvalue weighted by atomic mass is 9.78. The van der Waals surface area contributed by atoms with Crippen LogP contribution < -0.4 is 5.43 Å². The summed E-state index contributed by atoms with van der Waals surface area (Å²) in [7, 11) is 0. The third-order valence-corrected chi connectivity index (χ3v) is 7.76. The van der Waals surface area contributed by atoms with Gasteiger partial charge >= 0.3 is 5.97 Å². The van der Waals surface area contributed by atoms with E-state index in [1.807, 2.05) is 0 Å². The van der Waals surface area contributed by atoms with Gasteiger partial charge in [-0.3, -0.25) is 9.48 Å². The first kappa shape index (κ1) is 17.9. The van der Waals surface area contributed by atoms with Crippen LogP contribution in [0.3, 0.4) is 0 Å². The minimum atomic E-state index is -1.37. The van der Waals surface area contributed by atoms with Crippen LogP contribution in [-0.4, -0.2) is 31.1 Å². The van der Waals surface area contributed by atoms with Crippen LogP contribution in [0, 0.1) is 17.7 Å². The second-order valence-electron chi connectivity index (χ2n) is 9.32. The number of rotatable bonds is 3. The van der Waals surface area contributed by atoms with Crippen molar-refractivity contribution >= 4 is 22.6 Å². The smallest absolute Gasteiger partial charge is 0.341 e. The van der Waals surface area contributed by atoms with Crippen LogP contribution in [-0.2, 0) is 5.54 Å². The molecule has 2 aromatic rings. The Balaban J connectivity index is 1.67. The molecule has 4 aliphatic rings. The monoisotopic (exact) mass is 411 g/mol. The molecule has 8 heteroatoms. The van der Waals surface area contributed by atoms with Crippen molar-refractivity contribution in [2.24, 2.45) is 11.8 Å². The number of nitrogens with zero attached hydrogens (tertiary/aromatic N) is 2. The number of aromatic carboxylic acids is 1. The van der Waals surface area contributed by atoms with Crippen molar-refractivity contribution in [3.63, 3.8) is 0 Å². The number of carbonyl (C=O) groups is 1. The average molecular weight is 411 g/mol. The first-order valence-corrected chi connectivity index (χ1v) is 10.5. The highest BCUT2D eigenvalue weighted by molar-refractivity contribution is 5.95. The van der Waals surface area contributed by atoms with Crippen molar-refractivity contribution in [3.05, 3.63) is 45.3 Å². The van der Waals surface area contributed by atoms with E-state index in [1.54, 1.807) is 4.57 Å². The van der Waals surface area contributed by atoms with Gasteiger partial charge in [0.15, 0.2) is 17.0 Å². The van der Waals surface area contributed by atoms with E-state index in [-0.39, 0.29) is 34.2 Å². The number of benzene rings is 1. The molecule has 3 saturated carbocycles. The number of nitrogens with one attached hydrogen (secondary N) is 1. The Labute approximate surface area is 171 Å². The maximum atomic E-state index is 15.5. The molecular weight excluding hydrogens is 389 g/mol. The SMILES string of the molecule is [NH-][N+]1=C2CCCC3C[C@@]1(c1c(F)cc4c(=O)c(C(=O)O)cn(C5CC5)c4c1O)CC23. The third-order valence-electron chi connectivity index (χ3n) is 7.76. The molecule has 2 heterocycles. The van der Waals surface area contributed by atoms with E-state index in [1.165, 1.54) is 10.9 Å². The van der Waals surface area contributed by atoms with Gasteiger partial charge < -0.3 is 20.6 Å². The Hall–Kier alpha value is -2.90. The van der Waals surface area contributed by atoms with Gasteiger partial charge in [-0.05, 0) is 37.7 Å². The molecule has 1 aromatic heterocycles. The Kier molecular flexibility index (Phi) is 3.36. The summed E-state index contributed by atoms with van der Waals surface area (Å²) in [4.78, 5) is 24.3. The number of phenols is 1. The second-order valence-corrected chi connectivity index (χ2v) is 9.32. The molecule has 3 atom stereocenters. The van der Waals surface area contributed by atoms with E-state index in [2.05, 4.69) is 0 Å². The molecule has 30 heavy (non-hydrogen) atoms. The number of phenolic OH excluding ortho intramolecular Hbond substituents is 1. The van der Waals surface area contributed by atoms with Crippen LogP contribution in [0.2, 0.25) is 0 Å². The van der Waals surface area contributed by atoms with Crippen LogP contribution in [0.4, 0.5) is 4.39 Å². The van der Waals surface area contributed by atoms with E-state index in [4.69, 9.17) is 5.84 Å². The Morgan fingerprint density at radius 1 is 1.30 bits per heavy atom. The van der Waals surface area contributed by atoms with Crippen LogP contribution in [0.25, 0.3) is 16.7 Å². The summed E-state index contributed by atoms with van der Waals surface area (Å²) < 4.78 is 18.6. The largest absolute Gasteiger partial charge is 0.505 e. The molecule has 2 unspecified atom stereocenters. The molecule has 2 bridgehead atoms. The number of aromatic nitrogens is 1. The van der Waals surface area contributed by atoms with Crippen molar-refractivity contribution in [1.29, 1.82) is 0 Å². The minimum absolute atomic E-state index is 0.0197. The van der Waals surface area contributed by atoms with Gasteiger partial charge in [0, 0.05) is 37.4 Å². The summed E-state index contributed by atoms with van der Waals surface area (Å²) >= 11 is 0. The van der Waals surface area contributed by atoms with Gasteiger partial charge in [-0.2, -0.15) is 0 Å². The second kappa shape index (κ2) is 5.62. The molecule has 3 fully saturated rings. The van der Waals surface area contributed by atoms with Crippen LogP contribution in [0.15, 0.2) is 17.1 Å². The van der Waals surface area contributed by atoms with Crippen LogP contribution >= 0.6 is 0 Å². The summed E-state index contributed by atoms with van der Waals surface area (Å²) in [5.74, 6) is 6.97. The Morgan fingerprint density at radius 2 is 2.07 bits per heavy atom. The number of carboxylic acid groups (broad SMARTS) is 1. The lowest BCUT2D eigenvalue weighted by Gasteiger charge is -2.34. The first-order chi connectivity index (χ1) is 14.3. The van der Waals surface area contributed by atoms with E-state index in [0.29, 0.717) is 18.8 Å². The summed E-state index contributed by atoms with van der Waals surface area (Å²) in [5.41, 5.74) is -0.838. The third kappa shape index (κ3) is 2.06. The van der Waals surface area contributed by atoms with Crippen molar-refractivity contribution in [1.82, 2.24) is 4.57 Å². The van der Waals surface area contributed by atoms with E-state index in [9.17, 15) is 19.8 Å². The molecule has 0 radical (unpaired) electrons. The number of hydrogen-bond donors (Lipinski definition) is 2. The van der Waals surface area contributed by atoms with Gasteiger partial charge in [0.25, 0.3) is 0 Å². The van der Waals surface area contributed by atoms with E-state index in [0.717, 1.165) is 43.9 Å². The maximum Gasteiger partial charge on any atom is 0.341 e. The fourth-order valence-corrected chi connectivity index (χ4v) is 6.37. The standard InChI is InChI=1S/C22H22FN3O4/c23-15-6-12-18(25(11-4-5-11)9-14(19(12)27)21(29)30)20(28)17(15)22-7-10-2-1-3-16(26(22)24)13(10)8-22/h6,9-11,13,24,28H,1-5,7-8H2,(H,29,30)/t10?,13?,22-/m0/s1. The van der Waals surface area contributed by atoms with Crippen molar-refractivity contribution in [2.45, 2.75) is 56.5 Å². The van der Waals surface area contributed by atoms with Crippen molar-refractivity contribution in [3.8, 4) is 5.75 Å². The summed E-state index contributed by atoms with van der Waals surface area (Å²) in [6.07, 6.45) is 7.02. The molecule has 3 N–H and O–H groups in total. The highest BCUT2D eigenvalue weighted by atomic mass is 19.1. The fourth-order valence-electron chi connectivity index (χ4n) is 6.37. The molecule has 1 aliphatic heterocycles. The lowest BCUT2D eigenvalue weighted by molar-refractivity contribution is -0.556. The molecule has 3 aliphatic carbocycles. The number of fused-ring (bicyclic) bond motifs is 2. The molecule has 0 spiro atoms. The fraction of sp³-hybridized carbons (Fsp3) is 0.500. The van der Waals surface area contributed by atoms with Gasteiger partial charge in [0.05, 0.1) is 10.9 Å². The summed E-state index contributed by atoms with van der Waals surface area (Å²) in [6, 6.07) is 1.06. The van der Waals surface area contributed by atoms with Crippen LogP contribution in [0.1, 0.15) is 66.9 Å². The Morgan fingerprint density at radius 3 is 2.73 bits per heavy atom. The molecule has 6 rings (SSSR count). The average Bonchev–Trinajstić information content (AvgIpc) is 3.40. The zero-order valence-corrected chi connectivity index (χ0v) is 16.3. The molecular formula is C22H22FN3O4. The van der Waals surface area contributed by atoms with E-state index >= 15 is 4.39 Å². The number of pyridine rings is 1. The zero-order chi connectivity index (χ0) is 20.9. The predicted molar refractivity (Wildman–Crippen MR) is 106 cm³/mol. The Bertz CT molecular complexity index is 1250. The van der Waals surface area contributed by atoms with Gasteiger partial charge in [-0.15, -0.1) is 0 Å². The number of halogens is 1. The molecule has 0 saturated heterocycles. The molecule has 7 nitrogen and oxygen atoms in total. The lowest BCUT2D eigenvalue weighted by Crippen LogP contribution is -2.39. The van der Waals surface area contributed by atoms with Gasteiger partial charge in [0.1, 0.15) is 16.9 Å². The number of hydrogen-bond acceptors (Lipinski definition) is 3. The van der Waals surface area contributed by atoms with Gasteiger partial charge in [-0.1, -0.05) is 0 Å². The maximum absolute atomic E-state index is 15.5. The molecule has 156 valence electrons. The number of aromatic hydroxyl groups is 1. The molecule has 1 aromatic carbocycles. The zero-order valence-electron chi connectivity index (χ0n) is 16.3. The quantitative estimate of drug-likeness (QED) is 0.751. The van der Waals surface area contributed by atoms with Crippen molar-refractivity contribution in [2.75, 3.05) is 0 Å². The first-order valence-electron chi connectivity index (χ1n) is 10.5. The van der Waals surface area contributed by atoms with Crippen molar-refractivity contribution < 1.29 is 24.1 Å². The molecule has 0 amide bonds. The number of carboxylic acids is 1. The normalized spacial score (nSPS) is 29.8. The van der Waals surface area contributed by atoms with Gasteiger partial charge in [0.2, 0.25) is 5.43 Å². The van der Waals surface area contributed by atoms with Gasteiger partial charge in [-0.25, -0.2) is 9.18 Å². The summed E-state index contributed by atoms with van der Waals surface area (Å²) in [5, 5.41) is 20.6. The topological polar surface area (TPSA) is 106 Å². The predicted octanol–water partition coefficient (Wildman–Crippen LogP) is 3.72. The minimum Gasteiger partial charge on any atom is -0.505 e. The van der Waals surface area contributed by atoms with E-state index < -0.39 is 28.3 Å². The highest BCUT2D eigenvalue weighted by Crippen LogP contribution is 2.59. The highest BCUT2D eigenvalue weighted by Gasteiger charge is 2.63. The van der Waals surface area contributed by atoms with Crippen LogP contribution in [0.5, 0.6) is 5.75 Å². The summed E-state index contributed by atoms with van der Waals surface area (Å²) in [6.45, 7) is 0.